The summed E-state index contributed by atoms with van der Waals surface area (Å²) in [4.78, 5) is 16.1. The van der Waals surface area contributed by atoms with E-state index in [1.807, 2.05) is 10.8 Å². The van der Waals surface area contributed by atoms with Gasteiger partial charge in [-0.3, -0.25) is 4.79 Å². The van der Waals surface area contributed by atoms with Gasteiger partial charge in [-0.05, 0) is 25.7 Å². The minimum atomic E-state index is -0.886. The van der Waals surface area contributed by atoms with Crippen LogP contribution in [0.15, 0.2) is 18.7 Å². The molecule has 20 heavy (non-hydrogen) atoms. The zero-order valence-corrected chi connectivity index (χ0v) is 11.5. The molecule has 0 aliphatic carbocycles. The smallest absolute Gasteiger partial charge is 0.240 e. The number of hydrogen-bond donors (Lipinski definition) is 1. The zero-order valence-electron chi connectivity index (χ0n) is 11.5. The Kier molecular flexibility index (Phi) is 5.13. The zero-order chi connectivity index (χ0) is 14.3. The van der Waals surface area contributed by atoms with Gasteiger partial charge < -0.3 is 14.6 Å². The third-order valence-corrected chi connectivity index (χ3v) is 3.68. The lowest BCUT2D eigenvalue weighted by molar-refractivity contribution is -0.132. The molecule has 0 radical (unpaired) electrons. The Morgan fingerprint density at radius 1 is 1.45 bits per heavy atom. The van der Waals surface area contributed by atoms with Crippen LogP contribution in [-0.4, -0.2) is 35.2 Å². The lowest BCUT2D eigenvalue weighted by atomic mass is 9.81. The minimum absolute atomic E-state index is 0.147. The van der Waals surface area contributed by atoms with E-state index in [-0.39, 0.29) is 5.91 Å². The fourth-order valence-electron chi connectivity index (χ4n) is 2.32. The van der Waals surface area contributed by atoms with E-state index in [1.54, 1.807) is 12.5 Å². The number of aryl methyl sites for hydroxylation is 1. The van der Waals surface area contributed by atoms with Crippen molar-refractivity contribution in [1.82, 2.24) is 14.9 Å². The van der Waals surface area contributed by atoms with E-state index >= 15 is 0 Å². The van der Waals surface area contributed by atoms with Crippen molar-refractivity contribution in [2.45, 2.75) is 32.2 Å². The summed E-state index contributed by atoms with van der Waals surface area (Å²) in [6.45, 7) is 2.48. The number of aromatic nitrogens is 2. The predicted octanol–water partition coefficient (Wildman–Crippen LogP) is 1.10. The Hall–Kier alpha value is -1.87. The predicted molar refractivity (Wildman–Crippen MR) is 72.6 cm³/mol. The van der Waals surface area contributed by atoms with Crippen LogP contribution in [0.2, 0.25) is 0 Å². The number of imidazole rings is 1. The van der Waals surface area contributed by atoms with Crippen molar-refractivity contribution >= 4 is 5.91 Å². The van der Waals surface area contributed by atoms with Crippen molar-refractivity contribution in [3.05, 3.63) is 18.7 Å². The highest BCUT2D eigenvalue weighted by molar-refractivity contribution is 5.85. The standard InChI is InChI=1S/C14H20N4O2/c15-11-14(3-9-20-10-4-14)13(19)17-5-1-2-7-18-8-6-16-12-18/h6,8,12H,1-5,7,9-10H2,(H,17,19). The molecule has 0 bridgehead atoms. The van der Waals surface area contributed by atoms with Gasteiger partial charge >= 0.3 is 0 Å². The molecule has 1 saturated heterocycles. The molecule has 6 heteroatoms. The molecule has 1 fully saturated rings. The highest BCUT2D eigenvalue weighted by atomic mass is 16.5. The normalized spacial score (nSPS) is 17.4. The molecular weight excluding hydrogens is 256 g/mol. The van der Waals surface area contributed by atoms with E-state index in [0.717, 1.165) is 19.4 Å². The summed E-state index contributed by atoms with van der Waals surface area (Å²) in [7, 11) is 0. The number of amides is 1. The number of carbonyl (C=O) groups excluding carboxylic acids is 1. The molecule has 108 valence electrons. The number of nitrogens with one attached hydrogen (secondary N) is 1. The molecule has 1 aromatic rings. The van der Waals surface area contributed by atoms with Gasteiger partial charge in [0.1, 0.15) is 5.41 Å². The molecule has 1 aliphatic heterocycles. The van der Waals surface area contributed by atoms with Crippen molar-refractivity contribution in [3.63, 3.8) is 0 Å². The second-order valence-electron chi connectivity index (χ2n) is 5.07. The number of nitrogens with zero attached hydrogens (tertiary/aromatic N) is 3. The molecule has 0 spiro atoms. The van der Waals surface area contributed by atoms with E-state index in [0.29, 0.717) is 32.6 Å². The molecule has 0 unspecified atom stereocenters. The first kappa shape index (κ1) is 14.5. The largest absolute Gasteiger partial charge is 0.381 e. The van der Waals surface area contributed by atoms with Crippen LogP contribution in [0.3, 0.4) is 0 Å². The van der Waals surface area contributed by atoms with Gasteiger partial charge in [-0.15, -0.1) is 0 Å². The lowest BCUT2D eigenvalue weighted by Crippen LogP contribution is -2.44. The SMILES string of the molecule is N#CC1(C(=O)NCCCCn2ccnc2)CCOCC1. The number of hydrogen-bond acceptors (Lipinski definition) is 4. The van der Waals surface area contributed by atoms with Crippen molar-refractivity contribution in [1.29, 1.82) is 5.26 Å². The average Bonchev–Trinajstić information content (AvgIpc) is 3.00. The molecular formula is C14H20N4O2. The van der Waals surface area contributed by atoms with E-state index in [9.17, 15) is 10.1 Å². The van der Waals surface area contributed by atoms with Crippen LogP contribution in [-0.2, 0) is 16.1 Å². The van der Waals surface area contributed by atoms with Crippen LogP contribution >= 0.6 is 0 Å². The molecule has 1 aromatic heterocycles. The first-order valence-electron chi connectivity index (χ1n) is 7.00. The van der Waals surface area contributed by atoms with Crippen LogP contribution in [0.4, 0.5) is 0 Å². The summed E-state index contributed by atoms with van der Waals surface area (Å²) in [5.74, 6) is -0.147. The average molecular weight is 276 g/mol. The highest BCUT2D eigenvalue weighted by Gasteiger charge is 2.40. The number of rotatable bonds is 6. The third-order valence-electron chi connectivity index (χ3n) is 3.68. The quantitative estimate of drug-likeness (QED) is 0.789. The summed E-state index contributed by atoms with van der Waals surface area (Å²) in [5.41, 5.74) is -0.886. The number of carbonyl (C=O) groups is 1. The summed E-state index contributed by atoms with van der Waals surface area (Å²) in [5, 5.41) is 12.1. The summed E-state index contributed by atoms with van der Waals surface area (Å²) >= 11 is 0. The summed E-state index contributed by atoms with van der Waals surface area (Å²) in [6, 6.07) is 2.18. The first-order chi connectivity index (χ1) is 9.77. The van der Waals surface area contributed by atoms with Crippen LogP contribution in [0.5, 0.6) is 0 Å². The summed E-state index contributed by atoms with van der Waals surface area (Å²) < 4.78 is 7.23. The van der Waals surface area contributed by atoms with Crippen LogP contribution in [0, 0.1) is 16.7 Å². The highest BCUT2D eigenvalue weighted by Crippen LogP contribution is 2.29. The van der Waals surface area contributed by atoms with Gasteiger partial charge in [0.2, 0.25) is 5.91 Å². The second kappa shape index (κ2) is 7.06. The summed E-state index contributed by atoms with van der Waals surface area (Å²) in [6.07, 6.45) is 8.30. The molecule has 0 saturated carbocycles. The molecule has 1 N–H and O–H groups in total. The maximum atomic E-state index is 12.1. The van der Waals surface area contributed by atoms with Crippen molar-refractivity contribution < 1.29 is 9.53 Å². The van der Waals surface area contributed by atoms with Gasteiger partial charge in [0.05, 0.1) is 12.4 Å². The topological polar surface area (TPSA) is 79.9 Å². The first-order valence-corrected chi connectivity index (χ1v) is 7.00. The van der Waals surface area contributed by atoms with Gasteiger partial charge in [0.15, 0.2) is 0 Å². The van der Waals surface area contributed by atoms with Crippen molar-refractivity contribution in [2.24, 2.45) is 5.41 Å². The van der Waals surface area contributed by atoms with Crippen molar-refractivity contribution in [2.75, 3.05) is 19.8 Å². The van der Waals surface area contributed by atoms with Crippen LogP contribution in [0.1, 0.15) is 25.7 Å². The van der Waals surface area contributed by atoms with E-state index in [4.69, 9.17) is 4.74 Å². The second-order valence-corrected chi connectivity index (χ2v) is 5.07. The molecule has 2 heterocycles. The Morgan fingerprint density at radius 2 is 2.25 bits per heavy atom. The molecule has 0 aromatic carbocycles. The Balaban J connectivity index is 1.68. The maximum Gasteiger partial charge on any atom is 0.240 e. The monoisotopic (exact) mass is 276 g/mol. The molecule has 1 amide bonds. The Labute approximate surface area is 118 Å². The van der Waals surface area contributed by atoms with Gasteiger partial charge in [0.25, 0.3) is 0 Å². The van der Waals surface area contributed by atoms with E-state index < -0.39 is 5.41 Å². The van der Waals surface area contributed by atoms with E-state index in [1.165, 1.54) is 0 Å². The van der Waals surface area contributed by atoms with Gasteiger partial charge in [0, 0.05) is 38.7 Å². The lowest BCUT2D eigenvalue weighted by Gasteiger charge is -2.29. The number of nitriles is 1. The fraction of sp³-hybridized carbons (Fsp3) is 0.643. The van der Waals surface area contributed by atoms with Crippen LogP contribution in [0.25, 0.3) is 0 Å². The third kappa shape index (κ3) is 3.58. The Bertz CT molecular complexity index is 458. The molecule has 0 atom stereocenters. The fourth-order valence-corrected chi connectivity index (χ4v) is 2.32. The van der Waals surface area contributed by atoms with Gasteiger partial charge in [-0.1, -0.05) is 0 Å². The maximum absolute atomic E-state index is 12.1. The molecule has 6 nitrogen and oxygen atoms in total. The van der Waals surface area contributed by atoms with Crippen LogP contribution < -0.4 is 5.32 Å². The minimum Gasteiger partial charge on any atom is -0.381 e. The molecule has 1 aliphatic rings. The van der Waals surface area contributed by atoms with Crippen molar-refractivity contribution in [3.8, 4) is 6.07 Å². The van der Waals surface area contributed by atoms with Gasteiger partial charge in [-0.2, -0.15) is 5.26 Å². The Morgan fingerprint density at radius 3 is 2.90 bits per heavy atom. The number of unbranched alkanes of at least 4 members (excludes halogenated alkanes) is 1. The number of ether oxygens (including phenoxy) is 1. The van der Waals surface area contributed by atoms with E-state index in [2.05, 4.69) is 16.4 Å². The van der Waals surface area contributed by atoms with Gasteiger partial charge in [-0.25, -0.2) is 4.98 Å². The molecule has 2 rings (SSSR count).